The molecule has 0 saturated carbocycles. The molecule has 0 heterocycles. The van der Waals surface area contributed by atoms with Crippen molar-refractivity contribution in [3.8, 4) is 0 Å². The Labute approximate surface area is 116 Å². The zero-order valence-corrected chi connectivity index (χ0v) is 12.1. The highest BCUT2D eigenvalue weighted by atomic mass is 35.5. The molecule has 0 aliphatic rings. The Morgan fingerprint density at radius 3 is 2.44 bits per heavy atom. The van der Waals surface area contributed by atoms with Crippen molar-refractivity contribution in [2.75, 3.05) is 25.4 Å². The van der Waals surface area contributed by atoms with E-state index in [0.29, 0.717) is 0 Å². The van der Waals surface area contributed by atoms with E-state index < -0.39 is 10.0 Å². The number of sulfonamides is 1. The van der Waals surface area contributed by atoms with Gasteiger partial charge in [-0.25, -0.2) is 8.42 Å². The lowest BCUT2D eigenvalue weighted by molar-refractivity contribution is 0.257. The van der Waals surface area contributed by atoms with Crippen molar-refractivity contribution in [3.05, 3.63) is 22.2 Å². The number of halogens is 2. The third-order valence-corrected chi connectivity index (χ3v) is 5.06. The van der Waals surface area contributed by atoms with Crippen molar-refractivity contribution in [1.29, 1.82) is 0 Å². The summed E-state index contributed by atoms with van der Waals surface area (Å²) in [5.41, 5.74) is 5.65. The van der Waals surface area contributed by atoms with Gasteiger partial charge in [-0.1, -0.05) is 30.1 Å². The SMILES string of the molecule is CCN(CCO)S(=O)(=O)c1c(N)cc(Cl)cc1Cl. The van der Waals surface area contributed by atoms with Crippen LogP contribution in [-0.2, 0) is 10.0 Å². The Balaban J connectivity index is 3.36. The predicted molar refractivity (Wildman–Crippen MR) is 72.4 cm³/mol. The predicted octanol–water partition coefficient (Wildman–Crippen LogP) is 1.58. The lowest BCUT2D eigenvalue weighted by Gasteiger charge is -2.21. The first-order chi connectivity index (χ1) is 8.34. The molecule has 0 fully saturated rings. The molecule has 8 heteroatoms. The first-order valence-corrected chi connectivity index (χ1v) is 7.39. The van der Waals surface area contributed by atoms with Gasteiger partial charge in [-0.05, 0) is 12.1 Å². The fourth-order valence-electron chi connectivity index (χ4n) is 1.54. The highest BCUT2D eigenvalue weighted by molar-refractivity contribution is 7.89. The van der Waals surface area contributed by atoms with E-state index in [1.807, 2.05) is 0 Å². The number of nitrogens with two attached hydrogens (primary N) is 1. The second-order valence-electron chi connectivity index (χ2n) is 3.53. The van der Waals surface area contributed by atoms with Gasteiger partial charge in [0, 0.05) is 18.1 Å². The van der Waals surface area contributed by atoms with Gasteiger partial charge in [0.2, 0.25) is 10.0 Å². The molecule has 18 heavy (non-hydrogen) atoms. The number of nitrogens with zero attached hydrogens (tertiary/aromatic N) is 1. The Kier molecular flexibility index (Phi) is 5.24. The largest absolute Gasteiger partial charge is 0.398 e. The summed E-state index contributed by atoms with van der Waals surface area (Å²) in [5, 5.41) is 9.10. The average molecular weight is 313 g/mol. The van der Waals surface area contributed by atoms with Crippen LogP contribution in [0.25, 0.3) is 0 Å². The van der Waals surface area contributed by atoms with Crippen LogP contribution in [-0.4, -0.2) is 37.5 Å². The molecule has 5 nitrogen and oxygen atoms in total. The van der Waals surface area contributed by atoms with Gasteiger partial charge < -0.3 is 10.8 Å². The highest BCUT2D eigenvalue weighted by Gasteiger charge is 2.27. The molecule has 0 atom stereocenters. The van der Waals surface area contributed by atoms with Crippen molar-refractivity contribution in [2.24, 2.45) is 0 Å². The molecule has 0 amide bonds. The summed E-state index contributed by atoms with van der Waals surface area (Å²) in [6, 6.07) is 2.65. The van der Waals surface area contributed by atoms with Crippen LogP contribution in [0, 0.1) is 0 Å². The van der Waals surface area contributed by atoms with Gasteiger partial charge in [0.15, 0.2) is 0 Å². The molecule has 0 saturated heterocycles. The Morgan fingerprint density at radius 2 is 2.00 bits per heavy atom. The van der Waals surface area contributed by atoms with Crippen molar-refractivity contribution < 1.29 is 13.5 Å². The summed E-state index contributed by atoms with van der Waals surface area (Å²) in [4.78, 5) is -0.177. The number of hydrogen-bond donors (Lipinski definition) is 2. The molecule has 0 unspecified atom stereocenters. The van der Waals surface area contributed by atoms with Crippen LogP contribution >= 0.6 is 23.2 Å². The number of aliphatic hydroxyl groups is 1. The standard InChI is InChI=1S/C10H14Cl2N2O3S/c1-2-14(3-4-15)18(16,17)10-8(12)5-7(11)6-9(10)13/h5-6,15H,2-4,13H2,1H3. The molecule has 1 aromatic rings. The van der Waals surface area contributed by atoms with Crippen molar-refractivity contribution in [2.45, 2.75) is 11.8 Å². The van der Waals surface area contributed by atoms with Crippen LogP contribution in [0.5, 0.6) is 0 Å². The van der Waals surface area contributed by atoms with E-state index in [2.05, 4.69) is 0 Å². The van der Waals surface area contributed by atoms with E-state index in [-0.39, 0.29) is 40.3 Å². The topological polar surface area (TPSA) is 83.6 Å². The van der Waals surface area contributed by atoms with Gasteiger partial charge in [0.1, 0.15) is 4.90 Å². The van der Waals surface area contributed by atoms with Crippen LogP contribution in [0.15, 0.2) is 17.0 Å². The summed E-state index contributed by atoms with van der Waals surface area (Å²) in [6.45, 7) is 1.57. The average Bonchev–Trinajstić information content (AvgIpc) is 2.23. The number of aliphatic hydroxyl groups excluding tert-OH is 1. The van der Waals surface area contributed by atoms with E-state index in [1.165, 1.54) is 12.1 Å². The second kappa shape index (κ2) is 6.08. The number of anilines is 1. The van der Waals surface area contributed by atoms with E-state index in [0.717, 1.165) is 4.31 Å². The monoisotopic (exact) mass is 312 g/mol. The van der Waals surface area contributed by atoms with Gasteiger partial charge >= 0.3 is 0 Å². The molecule has 0 aromatic heterocycles. The maximum atomic E-state index is 12.3. The quantitative estimate of drug-likeness (QED) is 0.808. The summed E-state index contributed by atoms with van der Waals surface area (Å²) in [5.74, 6) is 0. The lowest BCUT2D eigenvalue weighted by Crippen LogP contribution is -2.34. The van der Waals surface area contributed by atoms with Crippen molar-refractivity contribution in [1.82, 2.24) is 4.31 Å². The molecular weight excluding hydrogens is 299 g/mol. The number of likely N-dealkylation sites (N-methyl/N-ethyl adjacent to an activating group) is 1. The Bertz CT molecular complexity index is 511. The van der Waals surface area contributed by atoms with E-state index >= 15 is 0 Å². The van der Waals surface area contributed by atoms with E-state index in [4.69, 9.17) is 34.0 Å². The number of rotatable bonds is 5. The van der Waals surface area contributed by atoms with Crippen LogP contribution in [0.2, 0.25) is 10.0 Å². The first-order valence-electron chi connectivity index (χ1n) is 5.20. The maximum Gasteiger partial charge on any atom is 0.246 e. The zero-order chi connectivity index (χ0) is 13.9. The van der Waals surface area contributed by atoms with Gasteiger partial charge in [-0.2, -0.15) is 4.31 Å². The number of hydrogen-bond acceptors (Lipinski definition) is 4. The minimum Gasteiger partial charge on any atom is -0.398 e. The molecule has 102 valence electrons. The summed E-state index contributed by atoms with van der Waals surface area (Å²) < 4.78 is 25.7. The Morgan fingerprint density at radius 1 is 1.39 bits per heavy atom. The summed E-state index contributed by atoms with van der Waals surface area (Å²) in [7, 11) is -3.83. The molecule has 0 aliphatic heterocycles. The van der Waals surface area contributed by atoms with Crippen LogP contribution in [0.3, 0.4) is 0 Å². The van der Waals surface area contributed by atoms with Crippen LogP contribution < -0.4 is 5.73 Å². The van der Waals surface area contributed by atoms with Gasteiger partial charge in [0.25, 0.3) is 0 Å². The third-order valence-electron chi connectivity index (χ3n) is 2.34. The van der Waals surface area contributed by atoms with Gasteiger partial charge in [-0.15, -0.1) is 0 Å². The first kappa shape index (κ1) is 15.5. The van der Waals surface area contributed by atoms with Crippen molar-refractivity contribution >= 4 is 38.9 Å². The number of benzene rings is 1. The van der Waals surface area contributed by atoms with Crippen LogP contribution in [0.1, 0.15) is 6.92 Å². The molecule has 1 aromatic carbocycles. The zero-order valence-electron chi connectivity index (χ0n) is 9.73. The molecule has 3 N–H and O–H groups in total. The fourth-order valence-corrected chi connectivity index (χ4v) is 3.93. The fraction of sp³-hybridized carbons (Fsp3) is 0.400. The molecule has 1 rings (SSSR count). The van der Waals surface area contributed by atoms with Gasteiger partial charge in [0.05, 0.1) is 17.3 Å². The Hall–Kier alpha value is -0.530. The smallest absolute Gasteiger partial charge is 0.246 e. The van der Waals surface area contributed by atoms with Gasteiger partial charge in [-0.3, -0.25) is 0 Å². The maximum absolute atomic E-state index is 12.3. The lowest BCUT2D eigenvalue weighted by atomic mass is 10.3. The normalized spacial score (nSPS) is 12.1. The minimum atomic E-state index is -3.83. The number of nitrogen functional groups attached to an aromatic ring is 1. The molecular formula is C10H14Cl2N2O3S. The summed E-state index contributed by atoms with van der Waals surface area (Å²) in [6.07, 6.45) is 0. The molecule has 0 aliphatic carbocycles. The molecule has 0 spiro atoms. The van der Waals surface area contributed by atoms with Crippen LogP contribution in [0.4, 0.5) is 5.69 Å². The minimum absolute atomic E-state index is 0.0103. The molecule has 0 radical (unpaired) electrons. The van der Waals surface area contributed by atoms with Crippen molar-refractivity contribution in [3.63, 3.8) is 0 Å². The molecule has 0 bridgehead atoms. The summed E-state index contributed by atoms with van der Waals surface area (Å²) >= 11 is 11.6. The van der Waals surface area contributed by atoms with E-state index in [9.17, 15) is 8.42 Å². The highest BCUT2D eigenvalue weighted by Crippen LogP contribution is 2.33. The van der Waals surface area contributed by atoms with E-state index in [1.54, 1.807) is 6.92 Å². The third kappa shape index (κ3) is 3.07. The second-order valence-corrected chi connectivity index (χ2v) is 6.24.